The van der Waals surface area contributed by atoms with Crippen molar-refractivity contribution in [1.82, 2.24) is 19.7 Å². The van der Waals surface area contributed by atoms with Crippen molar-refractivity contribution in [2.45, 2.75) is 44.9 Å². The summed E-state index contributed by atoms with van der Waals surface area (Å²) in [5.41, 5.74) is -0.00880. The summed E-state index contributed by atoms with van der Waals surface area (Å²) in [5.74, 6) is 2.64. The van der Waals surface area contributed by atoms with Gasteiger partial charge in [-0.2, -0.15) is 0 Å². The maximum absolute atomic E-state index is 11.2. The van der Waals surface area contributed by atoms with E-state index in [1.54, 1.807) is 7.11 Å². The van der Waals surface area contributed by atoms with Gasteiger partial charge in [0, 0.05) is 13.1 Å². The molecule has 2 unspecified atom stereocenters. The number of hydrogen-bond acceptors (Lipinski definition) is 5. The summed E-state index contributed by atoms with van der Waals surface area (Å²) >= 11 is 0. The number of ether oxygens (including phenoxy) is 1. The first-order valence-corrected chi connectivity index (χ1v) is 8.39. The first kappa shape index (κ1) is 16.9. The van der Waals surface area contributed by atoms with Crippen LogP contribution in [0.25, 0.3) is 0 Å². The third-order valence-electron chi connectivity index (χ3n) is 5.21. The van der Waals surface area contributed by atoms with Gasteiger partial charge in [-0.05, 0) is 50.9 Å². The Morgan fingerprint density at radius 2 is 2.00 bits per heavy atom. The molecule has 1 aliphatic heterocycles. The molecule has 6 heteroatoms. The molecule has 24 heavy (non-hydrogen) atoms. The zero-order valence-corrected chi connectivity index (χ0v) is 14.9. The van der Waals surface area contributed by atoms with Crippen molar-refractivity contribution in [3.63, 3.8) is 0 Å². The van der Waals surface area contributed by atoms with E-state index in [2.05, 4.69) is 15.1 Å². The maximum atomic E-state index is 11.2. The van der Waals surface area contributed by atoms with Gasteiger partial charge in [-0.25, -0.2) is 0 Å². The van der Waals surface area contributed by atoms with Gasteiger partial charge in [0.25, 0.3) is 0 Å². The fourth-order valence-electron chi connectivity index (χ4n) is 3.54. The number of aromatic nitrogens is 3. The molecule has 130 valence electrons. The minimum atomic E-state index is -0.920. The molecular formula is C18H26N4O2. The molecule has 0 spiro atoms. The van der Waals surface area contributed by atoms with Gasteiger partial charge in [0.1, 0.15) is 23.0 Å². The largest absolute Gasteiger partial charge is 0.497 e. The van der Waals surface area contributed by atoms with Gasteiger partial charge in [-0.1, -0.05) is 12.1 Å². The van der Waals surface area contributed by atoms with E-state index in [4.69, 9.17) is 4.74 Å². The van der Waals surface area contributed by atoms with Crippen molar-refractivity contribution < 1.29 is 9.84 Å². The third kappa shape index (κ3) is 3.03. The number of methoxy groups -OCH3 is 1. The highest BCUT2D eigenvalue weighted by atomic mass is 16.5. The van der Waals surface area contributed by atoms with E-state index >= 15 is 0 Å². The number of hydrogen-bond donors (Lipinski definition) is 1. The lowest BCUT2D eigenvalue weighted by Crippen LogP contribution is -2.45. The summed E-state index contributed by atoms with van der Waals surface area (Å²) in [5, 5.41) is 19.6. The van der Waals surface area contributed by atoms with Crippen LogP contribution in [0.1, 0.15) is 37.0 Å². The van der Waals surface area contributed by atoms with Crippen LogP contribution < -0.4 is 4.74 Å². The zero-order chi connectivity index (χ0) is 17.3. The maximum Gasteiger partial charge on any atom is 0.146 e. The second-order valence-corrected chi connectivity index (χ2v) is 6.73. The number of likely N-dealkylation sites (tertiary alicyclic amines) is 1. The van der Waals surface area contributed by atoms with E-state index in [-0.39, 0.29) is 6.04 Å². The molecule has 2 atom stereocenters. The Morgan fingerprint density at radius 1 is 1.29 bits per heavy atom. The Morgan fingerprint density at radius 3 is 2.58 bits per heavy atom. The van der Waals surface area contributed by atoms with Crippen LogP contribution in [-0.2, 0) is 19.2 Å². The minimum Gasteiger partial charge on any atom is -0.497 e. The highest BCUT2D eigenvalue weighted by Gasteiger charge is 2.40. The molecule has 0 bridgehead atoms. The molecule has 1 aliphatic rings. The lowest BCUT2D eigenvalue weighted by atomic mass is 9.86. The minimum absolute atomic E-state index is 0.0582. The van der Waals surface area contributed by atoms with Crippen molar-refractivity contribution in [3.8, 4) is 5.75 Å². The Balaban J connectivity index is 1.81. The summed E-state index contributed by atoms with van der Waals surface area (Å²) in [7, 11) is 3.63. The van der Waals surface area contributed by atoms with Crippen molar-refractivity contribution in [1.29, 1.82) is 0 Å². The monoisotopic (exact) mass is 330 g/mol. The predicted molar refractivity (Wildman–Crippen MR) is 91.7 cm³/mol. The van der Waals surface area contributed by atoms with E-state index in [0.29, 0.717) is 6.54 Å². The second-order valence-electron chi connectivity index (χ2n) is 6.73. The van der Waals surface area contributed by atoms with E-state index in [9.17, 15) is 5.11 Å². The van der Waals surface area contributed by atoms with Crippen LogP contribution in [0, 0.1) is 6.92 Å². The fraction of sp³-hybridized carbons (Fsp3) is 0.556. The molecule has 0 saturated carbocycles. The number of aliphatic hydroxyl groups is 1. The summed E-state index contributed by atoms with van der Waals surface area (Å²) in [6, 6.07) is 7.75. The third-order valence-corrected chi connectivity index (χ3v) is 5.21. The molecular weight excluding hydrogens is 304 g/mol. The van der Waals surface area contributed by atoms with Gasteiger partial charge in [0.2, 0.25) is 0 Å². The summed E-state index contributed by atoms with van der Waals surface area (Å²) in [4.78, 5) is 2.31. The van der Waals surface area contributed by atoms with Crippen LogP contribution in [0.15, 0.2) is 24.3 Å². The van der Waals surface area contributed by atoms with Crippen LogP contribution >= 0.6 is 0 Å². The summed E-state index contributed by atoms with van der Waals surface area (Å²) in [6.45, 7) is 5.52. The van der Waals surface area contributed by atoms with Crippen LogP contribution in [0.4, 0.5) is 0 Å². The standard InChI is InChI=1S/C18H26N4O2/c1-13-19-20-17(21(13)3)12-22-11-5-6-16(22)18(2,23)14-7-9-15(24-4)10-8-14/h7-10,16,23H,5-6,11-12H2,1-4H3. The zero-order valence-electron chi connectivity index (χ0n) is 14.9. The average molecular weight is 330 g/mol. The van der Waals surface area contributed by atoms with Gasteiger partial charge in [0.05, 0.1) is 13.7 Å². The molecule has 2 aromatic rings. The van der Waals surface area contributed by atoms with Crippen molar-refractivity contribution in [2.24, 2.45) is 7.05 Å². The van der Waals surface area contributed by atoms with Crippen LogP contribution in [0.2, 0.25) is 0 Å². The van der Waals surface area contributed by atoms with Gasteiger partial charge < -0.3 is 14.4 Å². The van der Waals surface area contributed by atoms with Gasteiger partial charge in [0.15, 0.2) is 0 Å². The Hall–Kier alpha value is -1.92. The topological polar surface area (TPSA) is 63.4 Å². The molecule has 2 heterocycles. The molecule has 1 saturated heterocycles. The highest BCUT2D eigenvalue weighted by Crippen LogP contribution is 2.35. The van der Waals surface area contributed by atoms with E-state index < -0.39 is 5.60 Å². The Bertz CT molecular complexity index is 694. The molecule has 0 amide bonds. The Kier molecular flexibility index (Phi) is 4.60. The van der Waals surface area contributed by atoms with Gasteiger partial charge in [-0.3, -0.25) is 4.90 Å². The molecule has 6 nitrogen and oxygen atoms in total. The predicted octanol–water partition coefficient (Wildman–Crippen LogP) is 2.00. The second kappa shape index (κ2) is 6.53. The lowest BCUT2D eigenvalue weighted by molar-refractivity contribution is -0.0263. The van der Waals surface area contributed by atoms with Crippen molar-refractivity contribution in [3.05, 3.63) is 41.5 Å². The van der Waals surface area contributed by atoms with E-state index in [1.807, 2.05) is 49.7 Å². The molecule has 3 rings (SSSR count). The number of rotatable bonds is 5. The lowest BCUT2D eigenvalue weighted by Gasteiger charge is -2.36. The van der Waals surface area contributed by atoms with Crippen molar-refractivity contribution >= 4 is 0 Å². The first-order valence-electron chi connectivity index (χ1n) is 8.39. The Labute approximate surface area is 143 Å². The molecule has 0 radical (unpaired) electrons. The molecule has 1 fully saturated rings. The fourth-order valence-corrected chi connectivity index (χ4v) is 3.54. The van der Waals surface area contributed by atoms with Crippen molar-refractivity contribution in [2.75, 3.05) is 13.7 Å². The van der Waals surface area contributed by atoms with Crippen LogP contribution in [0.3, 0.4) is 0 Å². The number of benzene rings is 1. The molecule has 1 aromatic heterocycles. The van der Waals surface area contributed by atoms with Crippen LogP contribution in [-0.4, -0.2) is 44.5 Å². The van der Waals surface area contributed by atoms with E-state index in [1.165, 1.54) is 0 Å². The van der Waals surface area contributed by atoms with E-state index in [0.717, 1.165) is 42.3 Å². The smallest absolute Gasteiger partial charge is 0.146 e. The first-order chi connectivity index (χ1) is 11.4. The van der Waals surface area contributed by atoms with Gasteiger partial charge >= 0.3 is 0 Å². The summed E-state index contributed by atoms with van der Waals surface area (Å²) in [6.07, 6.45) is 2.05. The SMILES string of the molecule is COc1ccc(C(C)(O)C2CCCN2Cc2nnc(C)n2C)cc1. The quantitative estimate of drug-likeness (QED) is 0.908. The normalized spacial score (nSPS) is 21.0. The van der Waals surface area contributed by atoms with Crippen LogP contribution in [0.5, 0.6) is 5.75 Å². The molecule has 0 aliphatic carbocycles. The highest BCUT2D eigenvalue weighted by molar-refractivity contribution is 5.31. The number of aryl methyl sites for hydroxylation is 1. The average Bonchev–Trinajstić information content (AvgIpc) is 3.17. The summed E-state index contributed by atoms with van der Waals surface area (Å²) < 4.78 is 7.22. The molecule has 1 N–H and O–H groups in total. The molecule has 1 aromatic carbocycles. The van der Waals surface area contributed by atoms with Gasteiger partial charge in [-0.15, -0.1) is 10.2 Å². The number of nitrogens with zero attached hydrogens (tertiary/aromatic N) is 4.